The number of ether oxygens (including phenoxy) is 1. The summed E-state index contributed by atoms with van der Waals surface area (Å²) in [6.45, 7) is 4.40. The number of phenols is 1. The van der Waals surface area contributed by atoms with Gasteiger partial charge < -0.3 is 9.84 Å². The molecule has 3 aliphatic carbocycles. The van der Waals surface area contributed by atoms with E-state index in [0.717, 1.165) is 25.3 Å². The second kappa shape index (κ2) is 5.56. The van der Waals surface area contributed by atoms with Crippen LogP contribution < -0.4 is 0 Å². The van der Waals surface area contributed by atoms with Crippen LogP contribution in [0, 0.1) is 11.8 Å². The highest BCUT2D eigenvalue weighted by Crippen LogP contribution is 2.61. The molecule has 3 fully saturated rings. The molecule has 4 atom stereocenters. The zero-order valence-corrected chi connectivity index (χ0v) is 15.8. The van der Waals surface area contributed by atoms with Crippen LogP contribution in [0.2, 0.25) is 0 Å². The number of hydrogen-bond donors (Lipinski definition) is 1. The average molecular weight is 355 g/mol. The summed E-state index contributed by atoms with van der Waals surface area (Å²) in [5.41, 5.74) is 1.83. The van der Waals surface area contributed by atoms with E-state index in [9.17, 15) is 9.90 Å². The fourth-order valence-corrected chi connectivity index (χ4v) is 6.70. The van der Waals surface area contributed by atoms with E-state index in [-0.39, 0.29) is 16.9 Å². The molecule has 4 heteroatoms. The first kappa shape index (κ1) is 16.8. The standard InChI is InChI=1S/C22H29NO3/c1-14-9-18(25)12-21-7-8-23(13-15-3-4-15)20(22(14,21)26-2)10-16-5-6-17(24)11-19(16)21/h5-6,11,14-15,20,24H,3-4,7-10,12-13H2,1-2H3/t14-,20+,21+,22+/m0/s1. The summed E-state index contributed by atoms with van der Waals surface area (Å²) < 4.78 is 6.45. The maximum absolute atomic E-state index is 12.7. The number of Topliss-reactive ketones (excluding diaryl/α,β-unsaturated/α-hetero) is 1. The minimum absolute atomic E-state index is 0.191. The highest BCUT2D eigenvalue weighted by Gasteiger charge is 2.68. The normalized spacial score (nSPS) is 39.4. The number of likely N-dealkylation sites (tertiary alicyclic amines) is 1. The lowest BCUT2D eigenvalue weighted by molar-refractivity contribution is -0.210. The van der Waals surface area contributed by atoms with Crippen molar-refractivity contribution in [2.24, 2.45) is 11.8 Å². The molecule has 1 saturated heterocycles. The molecule has 0 radical (unpaired) electrons. The monoisotopic (exact) mass is 355 g/mol. The molecule has 0 amide bonds. The SMILES string of the molecule is CO[C@@]12[C@@H](C)CC(=O)C[C@@]13CCN(CC1CC1)[C@@H]2Cc1ccc(O)cc13. The van der Waals surface area contributed by atoms with Gasteiger partial charge in [0.05, 0.1) is 5.60 Å². The van der Waals surface area contributed by atoms with Gasteiger partial charge in [-0.25, -0.2) is 0 Å². The van der Waals surface area contributed by atoms with Gasteiger partial charge in [0.1, 0.15) is 11.5 Å². The van der Waals surface area contributed by atoms with Crippen LogP contribution >= 0.6 is 0 Å². The van der Waals surface area contributed by atoms with E-state index in [1.54, 1.807) is 6.07 Å². The van der Waals surface area contributed by atoms with Crippen molar-refractivity contribution in [3.8, 4) is 5.75 Å². The molecule has 2 saturated carbocycles. The molecule has 1 aromatic carbocycles. The zero-order chi connectivity index (χ0) is 18.1. The van der Waals surface area contributed by atoms with E-state index in [1.165, 1.54) is 30.5 Å². The van der Waals surface area contributed by atoms with Gasteiger partial charge >= 0.3 is 0 Å². The predicted molar refractivity (Wildman–Crippen MR) is 99.3 cm³/mol. The lowest BCUT2D eigenvalue weighted by Crippen LogP contribution is -2.76. The summed E-state index contributed by atoms with van der Waals surface area (Å²) in [6, 6.07) is 6.11. The number of carbonyl (C=O) groups is 1. The molecule has 5 rings (SSSR count). The number of piperidine rings is 1. The number of ketones is 1. The van der Waals surface area contributed by atoms with Crippen molar-refractivity contribution in [1.82, 2.24) is 4.90 Å². The van der Waals surface area contributed by atoms with Gasteiger partial charge in [-0.2, -0.15) is 0 Å². The summed E-state index contributed by atoms with van der Waals surface area (Å²) in [5.74, 6) is 1.68. The average Bonchev–Trinajstić information content (AvgIpc) is 3.42. The lowest BCUT2D eigenvalue weighted by Gasteiger charge is -2.67. The van der Waals surface area contributed by atoms with Gasteiger partial charge in [0.2, 0.25) is 0 Å². The topological polar surface area (TPSA) is 49.8 Å². The quantitative estimate of drug-likeness (QED) is 0.905. The van der Waals surface area contributed by atoms with Crippen molar-refractivity contribution in [3.63, 3.8) is 0 Å². The van der Waals surface area contributed by atoms with Gasteiger partial charge in [-0.1, -0.05) is 13.0 Å². The number of nitrogens with zero attached hydrogens (tertiary/aromatic N) is 1. The number of rotatable bonds is 3. The predicted octanol–water partition coefficient (Wildman–Crippen LogP) is 3.05. The summed E-state index contributed by atoms with van der Waals surface area (Å²) in [5, 5.41) is 10.2. The smallest absolute Gasteiger partial charge is 0.134 e. The number of benzene rings is 1. The van der Waals surface area contributed by atoms with Gasteiger partial charge in [-0.3, -0.25) is 9.69 Å². The zero-order valence-electron chi connectivity index (χ0n) is 15.8. The van der Waals surface area contributed by atoms with E-state index < -0.39 is 0 Å². The van der Waals surface area contributed by atoms with E-state index in [0.29, 0.717) is 30.4 Å². The van der Waals surface area contributed by atoms with E-state index in [2.05, 4.69) is 17.9 Å². The molecule has 1 N–H and O–H groups in total. The van der Waals surface area contributed by atoms with Gasteiger partial charge in [0.15, 0.2) is 0 Å². The third kappa shape index (κ3) is 2.06. The summed E-state index contributed by atoms with van der Waals surface area (Å²) in [4.78, 5) is 15.4. The Hall–Kier alpha value is -1.39. The summed E-state index contributed by atoms with van der Waals surface area (Å²) >= 11 is 0. The molecule has 4 nitrogen and oxygen atoms in total. The molecular formula is C22H29NO3. The van der Waals surface area contributed by atoms with Gasteiger partial charge in [-0.05, 0) is 67.3 Å². The molecule has 0 aromatic heterocycles. The number of hydrogen-bond acceptors (Lipinski definition) is 4. The maximum atomic E-state index is 12.7. The Morgan fingerprint density at radius 1 is 1.31 bits per heavy atom. The second-order valence-corrected chi connectivity index (χ2v) is 9.15. The fourth-order valence-electron chi connectivity index (χ4n) is 6.70. The van der Waals surface area contributed by atoms with Crippen molar-refractivity contribution in [1.29, 1.82) is 0 Å². The fraction of sp³-hybridized carbons (Fsp3) is 0.682. The first-order valence-electron chi connectivity index (χ1n) is 10.1. The molecule has 1 aliphatic heterocycles. The number of aromatic hydroxyl groups is 1. The molecule has 4 aliphatic rings. The molecule has 1 heterocycles. The third-order valence-corrected chi connectivity index (χ3v) is 7.82. The number of phenolic OH excluding ortho intramolecular Hbond substituents is 1. The third-order valence-electron chi connectivity index (χ3n) is 7.82. The molecular weight excluding hydrogens is 326 g/mol. The molecule has 1 aromatic rings. The Kier molecular flexibility index (Phi) is 3.58. The summed E-state index contributed by atoms with van der Waals surface area (Å²) in [6.07, 6.45) is 5.76. The minimum atomic E-state index is -0.338. The van der Waals surface area contributed by atoms with Crippen molar-refractivity contribution >= 4 is 5.78 Å². The van der Waals surface area contributed by atoms with Crippen molar-refractivity contribution in [2.45, 2.75) is 62.5 Å². The Morgan fingerprint density at radius 2 is 2.12 bits per heavy atom. The second-order valence-electron chi connectivity index (χ2n) is 9.15. The van der Waals surface area contributed by atoms with Crippen LogP contribution in [0.3, 0.4) is 0 Å². The molecule has 0 spiro atoms. The van der Waals surface area contributed by atoms with Crippen LogP contribution in [0.4, 0.5) is 0 Å². The highest BCUT2D eigenvalue weighted by atomic mass is 16.5. The van der Waals surface area contributed by atoms with E-state index in [4.69, 9.17) is 4.74 Å². The molecule has 2 bridgehead atoms. The molecule has 140 valence electrons. The number of fused-ring (bicyclic) bond motifs is 1. The van der Waals surface area contributed by atoms with Crippen LogP contribution in [-0.2, 0) is 21.4 Å². The Labute approximate surface area is 155 Å². The van der Waals surface area contributed by atoms with E-state index in [1.807, 2.05) is 13.2 Å². The number of carbonyl (C=O) groups excluding carboxylic acids is 1. The van der Waals surface area contributed by atoms with Crippen molar-refractivity contribution in [3.05, 3.63) is 29.3 Å². The van der Waals surface area contributed by atoms with Gasteiger partial charge in [0, 0.05) is 38.0 Å². The Morgan fingerprint density at radius 3 is 2.85 bits per heavy atom. The highest BCUT2D eigenvalue weighted by molar-refractivity contribution is 5.83. The Bertz CT molecular complexity index is 758. The van der Waals surface area contributed by atoms with Crippen molar-refractivity contribution < 1.29 is 14.6 Å². The lowest BCUT2D eigenvalue weighted by atomic mass is 9.46. The summed E-state index contributed by atoms with van der Waals surface area (Å²) in [7, 11) is 1.85. The van der Waals surface area contributed by atoms with Gasteiger partial charge in [-0.15, -0.1) is 0 Å². The van der Waals surface area contributed by atoms with Crippen LogP contribution in [0.25, 0.3) is 0 Å². The van der Waals surface area contributed by atoms with Crippen LogP contribution in [0.15, 0.2) is 18.2 Å². The van der Waals surface area contributed by atoms with Crippen molar-refractivity contribution in [2.75, 3.05) is 20.2 Å². The van der Waals surface area contributed by atoms with Crippen LogP contribution in [-0.4, -0.2) is 47.6 Å². The molecule has 0 unspecified atom stereocenters. The van der Waals surface area contributed by atoms with Gasteiger partial charge in [0.25, 0.3) is 0 Å². The minimum Gasteiger partial charge on any atom is -0.508 e. The molecule has 26 heavy (non-hydrogen) atoms. The first-order valence-corrected chi connectivity index (χ1v) is 10.1. The number of methoxy groups -OCH3 is 1. The largest absolute Gasteiger partial charge is 0.508 e. The van der Waals surface area contributed by atoms with Crippen LogP contribution in [0.5, 0.6) is 5.75 Å². The maximum Gasteiger partial charge on any atom is 0.134 e. The first-order chi connectivity index (χ1) is 12.5. The Balaban J connectivity index is 1.71. The van der Waals surface area contributed by atoms with E-state index >= 15 is 0 Å². The van der Waals surface area contributed by atoms with Crippen LogP contribution in [0.1, 0.15) is 50.2 Å².